The number of hydrogen-bond donors (Lipinski definition) is 2. The van der Waals surface area contributed by atoms with E-state index in [1.54, 1.807) is 6.07 Å². The molecule has 2 N–H and O–H groups in total. The molecule has 3 aliphatic rings. The summed E-state index contributed by atoms with van der Waals surface area (Å²) >= 11 is 0. The Hall–Kier alpha value is -1.44. The third kappa shape index (κ3) is 3.88. The van der Waals surface area contributed by atoms with Gasteiger partial charge in [0.15, 0.2) is 11.5 Å². The summed E-state index contributed by atoms with van der Waals surface area (Å²) in [5, 5.41) is 16.9. The first-order valence-electron chi connectivity index (χ1n) is 9.60. The van der Waals surface area contributed by atoms with E-state index in [-0.39, 0.29) is 18.1 Å². The molecule has 0 radical (unpaired) electrons. The summed E-state index contributed by atoms with van der Waals surface area (Å²) in [5.41, 5.74) is 0.376. The van der Waals surface area contributed by atoms with Crippen LogP contribution in [0.1, 0.15) is 54.8 Å². The van der Waals surface area contributed by atoms with E-state index in [4.69, 9.17) is 4.52 Å². The molecule has 1 unspecified atom stereocenters. The lowest BCUT2D eigenvalue weighted by atomic mass is 10.1. The van der Waals surface area contributed by atoms with Crippen molar-refractivity contribution in [2.45, 2.75) is 63.3 Å². The van der Waals surface area contributed by atoms with Crippen LogP contribution in [-0.2, 0) is 6.54 Å². The fourth-order valence-electron chi connectivity index (χ4n) is 4.51. The number of aliphatic hydroxyl groups is 1. The van der Waals surface area contributed by atoms with Crippen molar-refractivity contribution >= 4 is 5.91 Å². The number of carbonyl (C=O) groups excluding carboxylic acids is 1. The van der Waals surface area contributed by atoms with Crippen molar-refractivity contribution in [1.29, 1.82) is 0 Å². The van der Waals surface area contributed by atoms with Gasteiger partial charge in [-0.25, -0.2) is 0 Å². The van der Waals surface area contributed by atoms with Gasteiger partial charge < -0.3 is 14.9 Å². The largest absolute Gasteiger partial charge is 0.392 e. The number of carbonyl (C=O) groups is 1. The zero-order valence-corrected chi connectivity index (χ0v) is 14.7. The van der Waals surface area contributed by atoms with E-state index in [1.807, 2.05) is 0 Å². The molecular weight excluding hydrogens is 320 g/mol. The molecule has 3 atom stereocenters. The van der Waals surface area contributed by atoms with Crippen LogP contribution in [0.15, 0.2) is 10.6 Å². The SMILES string of the molecule is O=C(N[C@@H]1CCC[C@@H]1N1CCC(O)C1)c1cc(CN2CCCC2)on1. The molecular formula is C18H28N4O3. The van der Waals surface area contributed by atoms with Gasteiger partial charge in [0.25, 0.3) is 5.91 Å². The standard InChI is InChI=1S/C18H28N4O3/c23-13-6-9-22(11-13)17-5-3-4-15(17)19-18(24)16-10-14(25-20-16)12-21-7-1-2-8-21/h10,13,15,17,23H,1-9,11-12H2,(H,19,24)/t13?,15-,17+/m1/s1. The Morgan fingerprint density at radius 2 is 2.08 bits per heavy atom. The molecule has 138 valence electrons. The van der Waals surface area contributed by atoms with Crippen LogP contribution in [0.5, 0.6) is 0 Å². The number of rotatable bonds is 5. The zero-order chi connectivity index (χ0) is 17.2. The van der Waals surface area contributed by atoms with E-state index in [1.165, 1.54) is 12.8 Å². The van der Waals surface area contributed by atoms with E-state index >= 15 is 0 Å². The van der Waals surface area contributed by atoms with E-state index in [0.717, 1.165) is 64.2 Å². The number of amides is 1. The molecule has 1 amide bonds. The molecule has 0 bridgehead atoms. The topological polar surface area (TPSA) is 81.8 Å². The van der Waals surface area contributed by atoms with Crippen molar-refractivity contribution in [2.24, 2.45) is 0 Å². The summed E-state index contributed by atoms with van der Waals surface area (Å²) in [6.45, 7) is 4.56. The van der Waals surface area contributed by atoms with Gasteiger partial charge in [0, 0.05) is 31.2 Å². The molecule has 1 aromatic rings. The molecule has 1 aliphatic carbocycles. The second-order valence-electron chi connectivity index (χ2n) is 7.68. The summed E-state index contributed by atoms with van der Waals surface area (Å²) in [6, 6.07) is 2.24. The first-order valence-corrected chi connectivity index (χ1v) is 9.60. The van der Waals surface area contributed by atoms with E-state index in [9.17, 15) is 9.90 Å². The zero-order valence-electron chi connectivity index (χ0n) is 14.7. The number of nitrogens with one attached hydrogen (secondary N) is 1. The molecule has 2 saturated heterocycles. The number of aromatic nitrogens is 1. The Kier molecular flexibility index (Phi) is 5.05. The maximum absolute atomic E-state index is 12.6. The highest BCUT2D eigenvalue weighted by molar-refractivity contribution is 5.92. The number of β-amino-alcohol motifs (C(OH)–C–C–N with tert-alkyl or cyclic N) is 1. The fraction of sp³-hybridized carbons (Fsp3) is 0.778. The van der Waals surface area contributed by atoms with Gasteiger partial charge in [0.2, 0.25) is 0 Å². The van der Waals surface area contributed by atoms with E-state index in [2.05, 4.69) is 20.3 Å². The highest BCUT2D eigenvalue weighted by Gasteiger charge is 2.36. The smallest absolute Gasteiger partial charge is 0.273 e. The minimum absolute atomic E-state index is 0.136. The van der Waals surface area contributed by atoms with E-state index in [0.29, 0.717) is 11.7 Å². The maximum Gasteiger partial charge on any atom is 0.273 e. The van der Waals surface area contributed by atoms with Crippen molar-refractivity contribution in [3.8, 4) is 0 Å². The molecule has 2 aliphatic heterocycles. The van der Waals surface area contributed by atoms with Crippen molar-refractivity contribution in [1.82, 2.24) is 20.3 Å². The first kappa shape index (κ1) is 17.0. The van der Waals surface area contributed by atoms with Gasteiger partial charge >= 0.3 is 0 Å². The van der Waals surface area contributed by atoms with Crippen LogP contribution >= 0.6 is 0 Å². The quantitative estimate of drug-likeness (QED) is 0.826. The number of likely N-dealkylation sites (tertiary alicyclic amines) is 2. The van der Waals surface area contributed by atoms with Crippen LogP contribution < -0.4 is 5.32 Å². The van der Waals surface area contributed by atoms with Crippen LogP contribution in [0.25, 0.3) is 0 Å². The molecule has 7 heteroatoms. The van der Waals surface area contributed by atoms with E-state index < -0.39 is 0 Å². The second-order valence-corrected chi connectivity index (χ2v) is 7.68. The van der Waals surface area contributed by atoms with Gasteiger partial charge in [-0.2, -0.15) is 0 Å². The average molecular weight is 348 g/mol. The predicted molar refractivity (Wildman–Crippen MR) is 92.1 cm³/mol. The summed E-state index contributed by atoms with van der Waals surface area (Å²) in [5.74, 6) is 0.616. The maximum atomic E-state index is 12.6. The van der Waals surface area contributed by atoms with Crippen LogP contribution in [-0.4, -0.2) is 70.3 Å². The third-order valence-corrected chi connectivity index (χ3v) is 5.83. The Balaban J connectivity index is 1.34. The second kappa shape index (κ2) is 7.43. The van der Waals surface area contributed by atoms with Crippen molar-refractivity contribution in [3.05, 3.63) is 17.5 Å². The number of nitrogens with zero attached hydrogens (tertiary/aromatic N) is 3. The minimum atomic E-state index is -0.222. The van der Waals surface area contributed by atoms with Crippen molar-refractivity contribution in [2.75, 3.05) is 26.2 Å². The van der Waals surface area contributed by atoms with Gasteiger partial charge in [-0.05, 0) is 51.6 Å². The van der Waals surface area contributed by atoms with Crippen LogP contribution in [0.2, 0.25) is 0 Å². The molecule has 1 aromatic heterocycles. The van der Waals surface area contributed by atoms with Crippen LogP contribution in [0, 0.1) is 0 Å². The highest BCUT2D eigenvalue weighted by atomic mass is 16.5. The molecule has 1 saturated carbocycles. The molecule has 3 heterocycles. The molecule has 4 rings (SSSR count). The van der Waals surface area contributed by atoms with Crippen molar-refractivity contribution in [3.63, 3.8) is 0 Å². The van der Waals surface area contributed by atoms with Gasteiger partial charge in [-0.15, -0.1) is 0 Å². The normalized spacial score (nSPS) is 31.0. The molecule has 0 aromatic carbocycles. The van der Waals surface area contributed by atoms with Crippen molar-refractivity contribution < 1.29 is 14.4 Å². The summed E-state index contributed by atoms with van der Waals surface area (Å²) in [6.07, 6.45) is 6.26. The minimum Gasteiger partial charge on any atom is -0.392 e. The summed E-state index contributed by atoms with van der Waals surface area (Å²) in [4.78, 5) is 17.2. The summed E-state index contributed by atoms with van der Waals surface area (Å²) < 4.78 is 5.36. The molecule has 0 spiro atoms. The lowest BCUT2D eigenvalue weighted by Gasteiger charge is -2.29. The predicted octanol–water partition coefficient (Wildman–Crippen LogP) is 0.988. The average Bonchev–Trinajstić information content (AvgIpc) is 3.34. The van der Waals surface area contributed by atoms with Crippen LogP contribution in [0.3, 0.4) is 0 Å². The first-order chi connectivity index (χ1) is 12.2. The van der Waals surface area contributed by atoms with Gasteiger partial charge in [0.1, 0.15) is 0 Å². The number of aliphatic hydroxyl groups excluding tert-OH is 1. The monoisotopic (exact) mass is 348 g/mol. The van der Waals surface area contributed by atoms with Gasteiger partial charge in [-0.1, -0.05) is 5.16 Å². The van der Waals surface area contributed by atoms with Gasteiger partial charge in [-0.3, -0.25) is 14.6 Å². The Bertz CT molecular complexity index is 599. The third-order valence-electron chi connectivity index (χ3n) is 5.83. The number of hydrogen-bond acceptors (Lipinski definition) is 6. The molecule has 3 fully saturated rings. The fourth-order valence-corrected chi connectivity index (χ4v) is 4.51. The van der Waals surface area contributed by atoms with Gasteiger partial charge in [0.05, 0.1) is 12.6 Å². The summed E-state index contributed by atoms with van der Waals surface area (Å²) in [7, 11) is 0. The highest BCUT2D eigenvalue weighted by Crippen LogP contribution is 2.27. The Morgan fingerprint density at radius 1 is 1.24 bits per heavy atom. The molecule has 7 nitrogen and oxygen atoms in total. The van der Waals surface area contributed by atoms with Crippen LogP contribution in [0.4, 0.5) is 0 Å². The lowest BCUT2D eigenvalue weighted by molar-refractivity contribution is 0.0896. The lowest BCUT2D eigenvalue weighted by Crippen LogP contribution is -2.48. The Labute approximate surface area is 148 Å². The Morgan fingerprint density at radius 3 is 2.84 bits per heavy atom. The molecule has 25 heavy (non-hydrogen) atoms.